The molecule has 0 fully saturated rings. The predicted octanol–water partition coefficient (Wildman–Crippen LogP) is 2.38. The molecule has 2 aromatic rings. The Morgan fingerprint density at radius 1 is 1.16 bits per heavy atom. The van der Waals surface area contributed by atoms with E-state index < -0.39 is 10.0 Å². The normalized spacial score (nSPS) is 11.3. The van der Waals surface area contributed by atoms with Crippen LogP contribution in [-0.4, -0.2) is 18.4 Å². The molecule has 0 radical (unpaired) electrons. The number of hydrogen-bond donors (Lipinski definition) is 2. The first-order valence-corrected chi connectivity index (χ1v) is 8.02. The molecule has 2 rings (SSSR count). The molecule has 0 bridgehead atoms. The lowest BCUT2D eigenvalue weighted by molar-refractivity contribution is 0.601. The molecule has 9 heteroatoms. The molecule has 0 aliphatic carbocycles. The Hall–Kier alpha value is -1.19. The number of nitrogens with one attached hydrogen (secondary N) is 1. The summed E-state index contributed by atoms with van der Waals surface area (Å²) in [6.45, 7) is 0. The molecule has 6 nitrogen and oxygen atoms in total. The number of nitrogen functional groups attached to an aromatic ring is 1. The van der Waals surface area contributed by atoms with Crippen molar-refractivity contribution in [1.29, 1.82) is 0 Å². The van der Waals surface area contributed by atoms with Crippen LogP contribution >= 0.6 is 31.9 Å². The van der Waals surface area contributed by atoms with Gasteiger partial charge >= 0.3 is 0 Å². The van der Waals surface area contributed by atoms with Gasteiger partial charge in [-0.15, -0.1) is 0 Å². The summed E-state index contributed by atoms with van der Waals surface area (Å²) in [6.07, 6.45) is 1.39. The fourth-order valence-electron chi connectivity index (χ4n) is 1.25. The molecule has 0 unspecified atom stereocenters. The first-order valence-electron chi connectivity index (χ1n) is 4.95. The van der Waals surface area contributed by atoms with Gasteiger partial charge in [0, 0.05) is 5.69 Å². The molecule has 0 aliphatic rings. The first-order chi connectivity index (χ1) is 8.88. The van der Waals surface area contributed by atoms with E-state index in [2.05, 4.69) is 46.5 Å². The van der Waals surface area contributed by atoms with Gasteiger partial charge in [0.2, 0.25) is 0 Å². The van der Waals surface area contributed by atoms with Crippen LogP contribution in [0.4, 0.5) is 11.5 Å². The minimum Gasteiger partial charge on any atom is -0.399 e. The molecular weight excluding hydrogens is 400 g/mol. The molecule has 0 saturated heterocycles. The van der Waals surface area contributed by atoms with E-state index in [0.29, 0.717) is 14.9 Å². The maximum absolute atomic E-state index is 12.1. The Morgan fingerprint density at radius 2 is 1.79 bits per heavy atom. The largest absolute Gasteiger partial charge is 0.399 e. The highest BCUT2D eigenvalue weighted by molar-refractivity contribution is 9.11. The fraction of sp³-hybridized carbons (Fsp3) is 0. The standard InChI is InChI=1S/C10H8Br2N4O2S/c11-8-5-14-10(9(12)15-8)16-19(17,18)7-3-1-6(13)2-4-7/h1-5H,13H2,(H,14,16). The topological polar surface area (TPSA) is 98.0 Å². The van der Waals surface area contributed by atoms with Crippen LogP contribution in [0.25, 0.3) is 0 Å². The number of aromatic nitrogens is 2. The van der Waals surface area contributed by atoms with Gasteiger partial charge < -0.3 is 5.73 Å². The summed E-state index contributed by atoms with van der Waals surface area (Å²) in [5.41, 5.74) is 6.00. The van der Waals surface area contributed by atoms with Crippen LogP contribution in [-0.2, 0) is 10.0 Å². The lowest BCUT2D eigenvalue weighted by Crippen LogP contribution is -2.14. The van der Waals surface area contributed by atoms with E-state index in [9.17, 15) is 8.42 Å². The second-order valence-corrected chi connectivity index (χ2v) is 6.75. The molecule has 100 valence electrons. The van der Waals surface area contributed by atoms with Gasteiger partial charge in [-0.05, 0) is 56.1 Å². The average molecular weight is 408 g/mol. The summed E-state index contributed by atoms with van der Waals surface area (Å²) in [5, 5.41) is 0. The highest BCUT2D eigenvalue weighted by Gasteiger charge is 2.16. The number of hydrogen-bond acceptors (Lipinski definition) is 5. The predicted molar refractivity (Wildman–Crippen MR) is 79.1 cm³/mol. The molecular formula is C10H8Br2N4O2S. The number of nitrogens with zero attached hydrogens (tertiary/aromatic N) is 2. The molecule has 19 heavy (non-hydrogen) atoms. The van der Waals surface area contributed by atoms with E-state index in [1.807, 2.05) is 0 Å². The van der Waals surface area contributed by atoms with Crippen molar-refractivity contribution in [2.45, 2.75) is 4.90 Å². The summed E-state index contributed by atoms with van der Waals surface area (Å²) in [7, 11) is -3.72. The highest BCUT2D eigenvalue weighted by Crippen LogP contribution is 2.22. The summed E-state index contributed by atoms with van der Waals surface area (Å²) in [5.74, 6) is 0.111. The molecule has 1 heterocycles. The SMILES string of the molecule is Nc1ccc(S(=O)(=O)Nc2ncc(Br)nc2Br)cc1. The van der Waals surface area contributed by atoms with Crippen LogP contribution in [0.1, 0.15) is 0 Å². The molecule has 0 aliphatic heterocycles. The maximum Gasteiger partial charge on any atom is 0.263 e. The number of nitrogens with two attached hydrogens (primary N) is 1. The smallest absolute Gasteiger partial charge is 0.263 e. The summed E-state index contributed by atoms with van der Waals surface area (Å²) in [6, 6.07) is 5.85. The third-order valence-electron chi connectivity index (χ3n) is 2.12. The zero-order valence-corrected chi connectivity index (χ0v) is 13.3. The zero-order chi connectivity index (χ0) is 14.0. The monoisotopic (exact) mass is 406 g/mol. The fourth-order valence-corrected chi connectivity index (χ4v) is 3.31. The summed E-state index contributed by atoms with van der Waals surface area (Å²) < 4.78 is 27.3. The minimum atomic E-state index is -3.72. The Balaban J connectivity index is 2.33. The number of rotatable bonds is 3. The zero-order valence-electron chi connectivity index (χ0n) is 9.34. The maximum atomic E-state index is 12.1. The first kappa shape index (κ1) is 14.2. The lowest BCUT2D eigenvalue weighted by Gasteiger charge is -2.08. The van der Waals surface area contributed by atoms with Crippen LogP contribution in [0.5, 0.6) is 0 Å². The third-order valence-corrected chi connectivity index (χ3v) is 4.41. The third kappa shape index (κ3) is 3.43. The van der Waals surface area contributed by atoms with Gasteiger partial charge in [0.05, 0.1) is 11.1 Å². The second-order valence-electron chi connectivity index (χ2n) is 3.51. The van der Waals surface area contributed by atoms with Crippen molar-refractivity contribution >= 4 is 53.4 Å². The van der Waals surface area contributed by atoms with Crippen molar-refractivity contribution < 1.29 is 8.42 Å². The van der Waals surface area contributed by atoms with Gasteiger partial charge in [-0.25, -0.2) is 18.4 Å². The Bertz CT molecular complexity index is 704. The van der Waals surface area contributed by atoms with E-state index in [1.54, 1.807) is 0 Å². The van der Waals surface area contributed by atoms with Crippen molar-refractivity contribution in [3.63, 3.8) is 0 Å². The molecule has 1 aromatic heterocycles. The van der Waals surface area contributed by atoms with Crippen LogP contribution in [0.3, 0.4) is 0 Å². The van der Waals surface area contributed by atoms with E-state index in [0.717, 1.165) is 0 Å². The van der Waals surface area contributed by atoms with Gasteiger partial charge in [-0.2, -0.15) is 0 Å². The van der Waals surface area contributed by atoms with Crippen molar-refractivity contribution in [3.8, 4) is 0 Å². The van der Waals surface area contributed by atoms with Gasteiger partial charge in [-0.3, -0.25) is 4.72 Å². The Labute approximate surface area is 126 Å². The van der Waals surface area contributed by atoms with Gasteiger partial charge in [0.15, 0.2) is 10.4 Å². The molecule has 0 amide bonds. The Morgan fingerprint density at radius 3 is 2.37 bits per heavy atom. The number of benzene rings is 1. The number of anilines is 2. The quantitative estimate of drug-likeness (QED) is 0.761. The van der Waals surface area contributed by atoms with Crippen LogP contribution in [0, 0.1) is 0 Å². The van der Waals surface area contributed by atoms with E-state index >= 15 is 0 Å². The second kappa shape index (κ2) is 5.43. The number of halogens is 2. The van der Waals surface area contributed by atoms with Crippen molar-refractivity contribution in [2.24, 2.45) is 0 Å². The lowest BCUT2D eigenvalue weighted by atomic mass is 10.3. The summed E-state index contributed by atoms with van der Waals surface area (Å²) in [4.78, 5) is 8.02. The summed E-state index contributed by atoms with van der Waals surface area (Å²) >= 11 is 6.27. The minimum absolute atomic E-state index is 0.0957. The van der Waals surface area contributed by atoms with E-state index in [1.165, 1.54) is 30.5 Å². The van der Waals surface area contributed by atoms with Crippen LogP contribution in [0.2, 0.25) is 0 Å². The van der Waals surface area contributed by atoms with E-state index in [4.69, 9.17) is 5.73 Å². The molecule has 1 aromatic carbocycles. The Kier molecular flexibility index (Phi) is 4.07. The van der Waals surface area contributed by atoms with Crippen molar-refractivity contribution in [3.05, 3.63) is 39.7 Å². The molecule has 0 spiro atoms. The highest BCUT2D eigenvalue weighted by atomic mass is 79.9. The van der Waals surface area contributed by atoms with Crippen molar-refractivity contribution in [2.75, 3.05) is 10.5 Å². The molecule has 0 atom stereocenters. The molecule has 0 saturated carbocycles. The average Bonchev–Trinajstić information content (AvgIpc) is 2.33. The van der Waals surface area contributed by atoms with E-state index in [-0.39, 0.29) is 10.7 Å². The number of sulfonamides is 1. The van der Waals surface area contributed by atoms with Crippen LogP contribution in [0.15, 0.2) is 44.6 Å². The van der Waals surface area contributed by atoms with Gasteiger partial charge in [0.1, 0.15) is 4.60 Å². The molecule has 3 N–H and O–H groups in total. The van der Waals surface area contributed by atoms with Gasteiger partial charge in [-0.1, -0.05) is 0 Å². The van der Waals surface area contributed by atoms with Crippen molar-refractivity contribution in [1.82, 2.24) is 9.97 Å². The van der Waals surface area contributed by atoms with Crippen LogP contribution < -0.4 is 10.5 Å². The van der Waals surface area contributed by atoms with Gasteiger partial charge in [0.25, 0.3) is 10.0 Å².